The quantitative estimate of drug-likeness (QED) is 0.407. The van der Waals surface area contributed by atoms with Gasteiger partial charge in [0.15, 0.2) is 0 Å². The fourth-order valence-electron chi connectivity index (χ4n) is 7.27. The van der Waals surface area contributed by atoms with Crippen LogP contribution >= 0.6 is 0 Å². The van der Waals surface area contributed by atoms with Crippen LogP contribution in [0.1, 0.15) is 52.8 Å². The molecule has 0 aliphatic heterocycles. The summed E-state index contributed by atoms with van der Waals surface area (Å²) in [7, 11) is 3.86. The van der Waals surface area contributed by atoms with E-state index in [1.165, 1.54) is 12.8 Å². The second-order valence-corrected chi connectivity index (χ2v) is 11.2. The monoisotopic (exact) mass is 495 g/mol. The number of carbonyl (C=O) groups is 2. The average molecular weight is 496 g/mol. The first-order chi connectivity index (χ1) is 17.8. The molecule has 6 nitrogen and oxygen atoms in total. The first kappa shape index (κ1) is 23.6. The lowest BCUT2D eigenvalue weighted by atomic mass is 9.75. The summed E-state index contributed by atoms with van der Waals surface area (Å²) in [6, 6.07) is 22.8. The van der Waals surface area contributed by atoms with Crippen LogP contribution in [0.3, 0.4) is 0 Å². The predicted molar refractivity (Wildman–Crippen MR) is 146 cm³/mol. The van der Waals surface area contributed by atoms with Crippen molar-refractivity contribution < 1.29 is 14.7 Å². The van der Waals surface area contributed by atoms with Gasteiger partial charge in [0.1, 0.15) is 0 Å². The van der Waals surface area contributed by atoms with E-state index in [0.717, 1.165) is 54.1 Å². The van der Waals surface area contributed by atoms with Crippen molar-refractivity contribution in [3.63, 3.8) is 0 Å². The fraction of sp³-hybridized carbons (Fsp3) is 0.355. The SMILES string of the molecule is CN(c1ccc(N(C)c2ccccc2C(=O)O)cc1)c1cccc(C(=O)NC23CC4CC(C2)C(C4)C3)c1. The highest BCUT2D eigenvalue weighted by molar-refractivity contribution is 5.96. The van der Waals surface area contributed by atoms with Gasteiger partial charge in [-0.1, -0.05) is 18.2 Å². The van der Waals surface area contributed by atoms with Crippen LogP contribution in [0.2, 0.25) is 0 Å². The zero-order chi connectivity index (χ0) is 25.7. The molecular weight excluding hydrogens is 462 g/mol. The molecule has 4 fully saturated rings. The molecule has 7 rings (SSSR count). The molecule has 4 bridgehead atoms. The lowest BCUT2D eigenvalue weighted by Crippen LogP contribution is -2.50. The van der Waals surface area contributed by atoms with E-state index in [-0.39, 0.29) is 17.0 Å². The van der Waals surface area contributed by atoms with Gasteiger partial charge in [-0.05, 0) is 104 Å². The summed E-state index contributed by atoms with van der Waals surface area (Å²) in [6.45, 7) is 0. The van der Waals surface area contributed by atoms with Crippen LogP contribution in [0.4, 0.5) is 22.7 Å². The molecule has 6 heteroatoms. The van der Waals surface area contributed by atoms with Crippen molar-refractivity contribution in [3.05, 3.63) is 83.9 Å². The van der Waals surface area contributed by atoms with Crippen molar-refractivity contribution in [3.8, 4) is 0 Å². The number of carbonyl (C=O) groups excluding carboxylic acids is 1. The Morgan fingerprint density at radius 3 is 2.11 bits per heavy atom. The van der Waals surface area contributed by atoms with Gasteiger partial charge in [0.25, 0.3) is 5.91 Å². The number of carboxylic acids is 1. The Balaban J connectivity index is 1.17. The first-order valence-corrected chi connectivity index (χ1v) is 13.1. The van der Waals surface area contributed by atoms with Crippen molar-refractivity contribution in [1.82, 2.24) is 5.32 Å². The van der Waals surface area contributed by atoms with Crippen LogP contribution in [0.25, 0.3) is 0 Å². The minimum atomic E-state index is -0.949. The number of nitrogens with one attached hydrogen (secondary N) is 1. The summed E-state index contributed by atoms with van der Waals surface area (Å²) >= 11 is 0. The average Bonchev–Trinajstić information content (AvgIpc) is 3.33. The lowest BCUT2D eigenvalue weighted by Gasteiger charge is -2.39. The van der Waals surface area contributed by atoms with Crippen molar-refractivity contribution in [2.24, 2.45) is 17.8 Å². The number of hydrogen-bond donors (Lipinski definition) is 2. The van der Waals surface area contributed by atoms with Crippen LogP contribution < -0.4 is 15.1 Å². The molecule has 0 aromatic heterocycles. The number of aromatic carboxylic acids is 1. The third-order valence-electron chi connectivity index (χ3n) is 8.92. The summed E-state index contributed by atoms with van der Waals surface area (Å²) in [5, 5.41) is 13.0. The molecule has 1 amide bonds. The number of amides is 1. The van der Waals surface area contributed by atoms with Crippen molar-refractivity contribution in [1.29, 1.82) is 0 Å². The Morgan fingerprint density at radius 1 is 0.811 bits per heavy atom. The number of hydrogen-bond acceptors (Lipinski definition) is 4. The van der Waals surface area contributed by atoms with Gasteiger partial charge in [-0.15, -0.1) is 0 Å². The predicted octanol–water partition coefficient (Wildman–Crippen LogP) is 6.23. The molecule has 190 valence electrons. The van der Waals surface area contributed by atoms with Crippen LogP contribution in [0, 0.1) is 17.8 Å². The Bertz CT molecular complexity index is 1330. The smallest absolute Gasteiger partial charge is 0.337 e. The van der Waals surface area contributed by atoms with E-state index < -0.39 is 5.97 Å². The van der Waals surface area contributed by atoms with E-state index in [1.54, 1.807) is 12.1 Å². The largest absolute Gasteiger partial charge is 0.478 e. The minimum absolute atomic E-state index is 0.0105. The van der Waals surface area contributed by atoms with Crippen LogP contribution in [0.5, 0.6) is 0 Å². The highest BCUT2D eigenvalue weighted by Gasteiger charge is 2.56. The van der Waals surface area contributed by atoms with Gasteiger partial charge < -0.3 is 20.2 Å². The molecular formula is C31H33N3O3. The number of benzene rings is 3. The van der Waals surface area contributed by atoms with E-state index in [0.29, 0.717) is 11.3 Å². The number of anilines is 4. The molecule has 0 spiro atoms. The topological polar surface area (TPSA) is 72.9 Å². The standard InChI is InChI=1S/C31H33N3O3/c1-33(24-10-12-25(13-11-24)34(2)28-9-4-3-8-27(28)30(36)37)26-7-5-6-21(16-26)29(35)32-31-17-20-14-22(18-31)23(15-20)19-31/h3-13,16,20,22-23H,14-15,17-19H2,1-2H3,(H,32,35)(H,36,37). The van der Waals surface area contributed by atoms with Crippen molar-refractivity contribution in [2.75, 3.05) is 23.9 Å². The zero-order valence-corrected chi connectivity index (χ0v) is 21.4. The number of carboxylic acid groups (broad SMARTS) is 1. The molecule has 0 saturated heterocycles. The molecule has 4 aliphatic rings. The highest BCUT2D eigenvalue weighted by atomic mass is 16.4. The van der Waals surface area contributed by atoms with Crippen molar-refractivity contribution in [2.45, 2.75) is 37.6 Å². The third-order valence-corrected chi connectivity index (χ3v) is 8.92. The molecule has 37 heavy (non-hydrogen) atoms. The Hall–Kier alpha value is -3.80. The Morgan fingerprint density at radius 2 is 1.46 bits per heavy atom. The van der Waals surface area contributed by atoms with Gasteiger partial charge in [-0.2, -0.15) is 0 Å². The van der Waals surface area contributed by atoms with E-state index in [9.17, 15) is 14.7 Å². The molecule has 2 atom stereocenters. The molecule has 0 radical (unpaired) electrons. The Labute approximate surface area is 217 Å². The Kier molecular flexibility index (Phi) is 5.70. The van der Waals surface area contributed by atoms with Gasteiger partial charge in [0.2, 0.25) is 0 Å². The fourth-order valence-corrected chi connectivity index (χ4v) is 7.27. The maximum Gasteiger partial charge on any atom is 0.337 e. The molecule has 4 aliphatic carbocycles. The molecule has 2 N–H and O–H groups in total. The van der Waals surface area contributed by atoms with E-state index in [1.807, 2.05) is 79.7 Å². The summed E-state index contributed by atoms with van der Waals surface area (Å²) in [5.41, 5.74) is 4.42. The molecule has 3 aromatic carbocycles. The van der Waals surface area contributed by atoms with Gasteiger partial charge in [-0.3, -0.25) is 4.79 Å². The molecule has 4 saturated carbocycles. The van der Waals surface area contributed by atoms with E-state index in [2.05, 4.69) is 10.2 Å². The molecule has 0 heterocycles. The number of rotatable bonds is 7. The summed E-state index contributed by atoms with van der Waals surface area (Å²) in [4.78, 5) is 28.9. The summed E-state index contributed by atoms with van der Waals surface area (Å²) in [6.07, 6.45) is 6.17. The van der Waals surface area contributed by atoms with Crippen LogP contribution in [-0.4, -0.2) is 36.6 Å². The normalized spacial score (nSPS) is 25.2. The molecule has 2 unspecified atom stereocenters. The lowest BCUT2D eigenvalue weighted by molar-refractivity contribution is 0.0697. The van der Waals surface area contributed by atoms with E-state index in [4.69, 9.17) is 0 Å². The van der Waals surface area contributed by atoms with Gasteiger partial charge >= 0.3 is 5.97 Å². The van der Waals surface area contributed by atoms with Crippen LogP contribution in [-0.2, 0) is 0 Å². The van der Waals surface area contributed by atoms with Gasteiger partial charge in [0, 0.05) is 42.3 Å². The van der Waals surface area contributed by atoms with Gasteiger partial charge in [-0.25, -0.2) is 4.79 Å². The zero-order valence-electron chi connectivity index (χ0n) is 21.4. The van der Waals surface area contributed by atoms with Crippen molar-refractivity contribution >= 4 is 34.6 Å². The first-order valence-electron chi connectivity index (χ1n) is 13.1. The van der Waals surface area contributed by atoms with Gasteiger partial charge in [0.05, 0.1) is 11.3 Å². The second kappa shape index (κ2) is 8.94. The minimum Gasteiger partial charge on any atom is -0.478 e. The van der Waals surface area contributed by atoms with E-state index >= 15 is 0 Å². The number of para-hydroxylation sites is 1. The maximum absolute atomic E-state index is 13.3. The second-order valence-electron chi connectivity index (χ2n) is 11.2. The molecule has 3 aromatic rings. The maximum atomic E-state index is 13.3. The third kappa shape index (κ3) is 4.24. The highest BCUT2D eigenvalue weighted by Crippen LogP contribution is 2.60. The summed E-state index contributed by atoms with van der Waals surface area (Å²) < 4.78 is 0. The summed E-state index contributed by atoms with van der Waals surface area (Å²) in [5.74, 6) is 1.52. The number of nitrogens with zero attached hydrogens (tertiary/aromatic N) is 2. The van der Waals surface area contributed by atoms with Crippen LogP contribution in [0.15, 0.2) is 72.8 Å².